The number of nitrogens with one attached hydrogen (secondary N) is 1. The maximum absolute atomic E-state index is 3.50. The zero-order valence-electron chi connectivity index (χ0n) is 13.8. The van der Waals surface area contributed by atoms with Crippen molar-refractivity contribution < 1.29 is 0 Å². The lowest BCUT2D eigenvalue weighted by atomic mass is 10.2. The summed E-state index contributed by atoms with van der Waals surface area (Å²) in [5, 5.41) is 3.50. The SMILES string of the molecule is CCC(CSC)N(C)Cc1cc(CNC(C)C)sc1C. The van der Waals surface area contributed by atoms with Crippen molar-refractivity contribution >= 4 is 23.1 Å². The molecule has 4 heteroatoms. The van der Waals surface area contributed by atoms with E-state index >= 15 is 0 Å². The van der Waals surface area contributed by atoms with Crippen LogP contribution in [0.15, 0.2) is 6.07 Å². The number of thiophene rings is 1. The maximum atomic E-state index is 3.50. The fraction of sp³-hybridized carbons (Fsp3) is 0.750. The Morgan fingerprint density at radius 3 is 2.65 bits per heavy atom. The summed E-state index contributed by atoms with van der Waals surface area (Å²) in [6.45, 7) is 11.0. The van der Waals surface area contributed by atoms with Gasteiger partial charge in [0, 0.05) is 40.7 Å². The van der Waals surface area contributed by atoms with Crippen LogP contribution >= 0.6 is 23.1 Å². The second kappa shape index (κ2) is 9.08. The van der Waals surface area contributed by atoms with E-state index in [1.165, 1.54) is 27.5 Å². The van der Waals surface area contributed by atoms with Crippen molar-refractivity contribution in [2.45, 2.75) is 59.3 Å². The smallest absolute Gasteiger partial charge is 0.0302 e. The Morgan fingerprint density at radius 1 is 1.40 bits per heavy atom. The number of hydrogen-bond donors (Lipinski definition) is 1. The van der Waals surface area contributed by atoms with Crippen LogP contribution in [-0.4, -0.2) is 36.0 Å². The van der Waals surface area contributed by atoms with Gasteiger partial charge in [-0.05, 0) is 38.3 Å². The molecule has 2 nitrogen and oxygen atoms in total. The third kappa shape index (κ3) is 5.76. The van der Waals surface area contributed by atoms with Crippen molar-refractivity contribution in [3.8, 4) is 0 Å². The zero-order chi connectivity index (χ0) is 15.1. The molecule has 0 saturated heterocycles. The molecule has 0 amide bonds. The van der Waals surface area contributed by atoms with Crippen LogP contribution in [0.5, 0.6) is 0 Å². The minimum absolute atomic E-state index is 0.551. The number of nitrogens with zero attached hydrogens (tertiary/aromatic N) is 1. The van der Waals surface area contributed by atoms with Crippen molar-refractivity contribution in [2.24, 2.45) is 0 Å². The summed E-state index contributed by atoms with van der Waals surface area (Å²) in [6.07, 6.45) is 3.42. The third-order valence-corrected chi connectivity index (χ3v) is 5.44. The predicted octanol–water partition coefficient (Wildman–Crippen LogP) is 4.13. The molecule has 1 unspecified atom stereocenters. The summed E-state index contributed by atoms with van der Waals surface area (Å²) in [6, 6.07) is 3.62. The molecule has 0 aliphatic carbocycles. The van der Waals surface area contributed by atoms with Gasteiger partial charge in [-0.15, -0.1) is 11.3 Å². The van der Waals surface area contributed by atoms with E-state index in [-0.39, 0.29) is 0 Å². The number of rotatable bonds is 9. The monoisotopic (exact) mass is 314 g/mol. The largest absolute Gasteiger partial charge is 0.310 e. The van der Waals surface area contributed by atoms with Crippen LogP contribution in [0.3, 0.4) is 0 Å². The number of thioether (sulfide) groups is 1. The van der Waals surface area contributed by atoms with E-state index in [1.807, 2.05) is 23.1 Å². The Kier molecular flexibility index (Phi) is 8.18. The highest BCUT2D eigenvalue weighted by Gasteiger charge is 2.14. The van der Waals surface area contributed by atoms with Crippen LogP contribution in [0, 0.1) is 6.92 Å². The van der Waals surface area contributed by atoms with E-state index in [1.54, 1.807) is 0 Å². The van der Waals surface area contributed by atoms with Gasteiger partial charge >= 0.3 is 0 Å². The number of hydrogen-bond acceptors (Lipinski definition) is 4. The first-order valence-corrected chi connectivity index (χ1v) is 9.69. The van der Waals surface area contributed by atoms with Crippen LogP contribution in [0.2, 0.25) is 0 Å². The molecular weight excluding hydrogens is 284 g/mol. The van der Waals surface area contributed by atoms with Crippen molar-refractivity contribution in [3.05, 3.63) is 21.4 Å². The van der Waals surface area contributed by atoms with E-state index in [9.17, 15) is 0 Å². The van der Waals surface area contributed by atoms with Crippen LogP contribution in [0.4, 0.5) is 0 Å². The van der Waals surface area contributed by atoms with Crippen molar-refractivity contribution in [2.75, 3.05) is 19.1 Å². The number of aryl methyl sites for hydroxylation is 1. The van der Waals surface area contributed by atoms with Crippen molar-refractivity contribution in [1.29, 1.82) is 0 Å². The molecule has 0 aromatic carbocycles. The van der Waals surface area contributed by atoms with E-state index in [0.717, 1.165) is 13.1 Å². The normalized spacial score (nSPS) is 13.4. The second-order valence-electron chi connectivity index (χ2n) is 5.76. The van der Waals surface area contributed by atoms with Crippen LogP contribution in [0.25, 0.3) is 0 Å². The fourth-order valence-corrected chi connectivity index (χ4v) is 4.16. The Bertz CT molecular complexity index is 388. The Balaban J connectivity index is 2.62. The molecule has 0 saturated carbocycles. The molecule has 1 aromatic heterocycles. The molecule has 0 aliphatic heterocycles. The Hall–Kier alpha value is -0.0300. The highest BCUT2D eigenvalue weighted by atomic mass is 32.2. The van der Waals surface area contributed by atoms with E-state index < -0.39 is 0 Å². The third-order valence-electron chi connectivity index (χ3n) is 3.63. The summed E-state index contributed by atoms with van der Waals surface area (Å²) in [7, 11) is 2.26. The summed E-state index contributed by atoms with van der Waals surface area (Å²) in [5.41, 5.74) is 1.50. The van der Waals surface area contributed by atoms with Gasteiger partial charge in [0.25, 0.3) is 0 Å². The average Bonchev–Trinajstić information content (AvgIpc) is 2.74. The van der Waals surface area contributed by atoms with Gasteiger partial charge in [0.1, 0.15) is 0 Å². The first-order valence-electron chi connectivity index (χ1n) is 7.48. The molecule has 1 atom stereocenters. The standard InChI is InChI=1S/C16H30N2S2/c1-7-15(11-19-6)18(5)10-14-8-16(20-13(14)4)9-17-12(2)3/h8,12,15,17H,7,9-11H2,1-6H3. The zero-order valence-corrected chi connectivity index (χ0v) is 15.5. The van der Waals surface area contributed by atoms with E-state index in [4.69, 9.17) is 0 Å². The predicted molar refractivity (Wildman–Crippen MR) is 95.0 cm³/mol. The molecule has 1 N–H and O–H groups in total. The summed E-state index contributed by atoms with van der Waals surface area (Å²) in [5.74, 6) is 1.22. The molecule has 1 heterocycles. The molecule has 1 rings (SSSR count). The molecule has 0 aliphatic rings. The minimum Gasteiger partial charge on any atom is -0.310 e. The molecule has 1 aromatic rings. The minimum atomic E-state index is 0.551. The summed E-state index contributed by atoms with van der Waals surface area (Å²) in [4.78, 5) is 5.43. The van der Waals surface area contributed by atoms with Gasteiger partial charge in [0.2, 0.25) is 0 Å². The van der Waals surface area contributed by atoms with Gasteiger partial charge in [0.05, 0.1) is 0 Å². The van der Waals surface area contributed by atoms with Gasteiger partial charge in [0.15, 0.2) is 0 Å². The van der Waals surface area contributed by atoms with Crippen molar-refractivity contribution in [1.82, 2.24) is 10.2 Å². The molecule has 0 radical (unpaired) electrons. The van der Waals surface area contributed by atoms with Gasteiger partial charge in [-0.1, -0.05) is 20.8 Å². The van der Waals surface area contributed by atoms with Gasteiger partial charge in [-0.3, -0.25) is 4.90 Å². The van der Waals surface area contributed by atoms with E-state index in [2.05, 4.69) is 57.3 Å². The molecular formula is C16H30N2S2. The molecule has 116 valence electrons. The lowest BCUT2D eigenvalue weighted by Gasteiger charge is -2.26. The van der Waals surface area contributed by atoms with Crippen LogP contribution < -0.4 is 5.32 Å². The van der Waals surface area contributed by atoms with Gasteiger partial charge in [-0.2, -0.15) is 11.8 Å². The highest BCUT2D eigenvalue weighted by molar-refractivity contribution is 7.98. The Morgan fingerprint density at radius 2 is 2.10 bits per heavy atom. The van der Waals surface area contributed by atoms with Gasteiger partial charge < -0.3 is 5.32 Å². The van der Waals surface area contributed by atoms with Crippen molar-refractivity contribution in [3.63, 3.8) is 0 Å². The molecule has 0 spiro atoms. The Labute approximate surface area is 133 Å². The summed E-state index contributed by atoms with van der Waals surface area (Å²) >= 11 is 3.88. The lowest BCUT2D eigenvalue weighted by Crippen LogP contribution is -2.32. The van der Waals surface area contributed by atoms with Gasteiger partial charge in [-0.25, -0.2) is 0 Å². The summed E-state index contributed by atoms with van der Waals surface area (Å²) < 4.78 is 0. The van der Waals surface area contributed by atoms with Crippen LogP contribution in [-0.2, 0) is 13.1 Å². The average molecular weight is 315 g/mol. The second-order valence-corrected chi connectivity index (χ2v) is 8.01. The first kappa shape index (κ1) is 18.0. The molecule has 0 fully saturated rings. The highest BCUT2D eigenvalue weighted by Crippen LogP contribution is 2.24. The molecule has 0 bridgehead atoms. The maximum Gasteiger partial charge on any atom is 0.0302 e. The van der Waals surface area contributed by atoms with Crippen LogP contribution in [0.1, 0.15) is 42.5 Å². The lowest BCUT2D eigenvalue weighted by molar-refractivity contribution is 0.248. The fourth-order valence-electron chi connectivity index (χ4n) is 2.28. The van der Waals surface area contributed by atoms with E-state index in [0.29, 0.717) is 12.1 Å². The first-order chi connectivity index (χ1) is 9.47. The quantitative estimate of drug-likeness (QED) is 0.738. The molecule has 20 heavy (non-hydrogen) atoms. The topological polar surface area (TPSA) is 15.3 Å².